The van der Waals surface area contributed by atoms with E-state index in [1.165, 1.54) is 6.08 Å². The molecule has 1 heterocycles. The first kappa shape index (κ1) is 25.2. The maximum absolute atomic E-state index is 14.1. The van der Waals surface area contributed by atoms with Gasteiger partial charge in [-0.25, -0.2) is 9.69 Å². The molecule has 0 aliphatic carbocycles. The van der Waals surface area contributed by atoms with Crippen LogP contribution in [0, 0.1) is 0 Å². The predicted molar refractivity (Wildman–Crippen MR) is 153 cm³/mol. The van der Waals surface area contributed by atoms with Crippen molar-refractivity contribution in [3.63, 3.8) is 0 Å². The zero-order chi connectivity index (χ0) is 26.4. The van der Waals surface area contributed by atoms with Crippen LogP contribution in [-0.4, -0.2) is 34.5 Å². The lowest BCUT2D eigenvalue weighted by atomic mass is 10.2. The number of amides is 2. The third-order valence-electron chi connectivity index (χ3n) is 6.45. The summed E-state index contributed by atoms with van der Waals surface area (Å²) in [6.45, 7) is -3.10. The molecule has 6 heteroatoms. The molecule has 0 spiro atoms. The maximum atomic E-state index is 14.1. The molecule has 1 aliphatic rings. The monoisotopic (exact) mass is 519 g/mol. The van der Waals surface area contributed by atoms with Crippen molar-refractivity contribution < 1.29 is 19.1 Å². The molecule has 0 atom stereocenters. The molecule has 2 amide bonds. The van der Waals surface area contributed by atoms with Gasteiger partial charge in [0.15, 0.2) is 5.78 Å². The molecule has 1 aliphatic heterocycles. The Morgan fingerprint density at radius 3 is 1.58 bits per heavy atom. The largest absolute Gasteiger partial charge is 0.444 e. The number of ether oxygens (including phenoxy) is 1. The summed E-state index contributed by atoms with van der Waals surface area (Å²) in [4.78, 5) is 41.0. The summed E-state index contributed by atoms with van der Waals surface area (Å²) in [7, 11) is 0. The van der Waals surface area contributed by atoms with Crippen LogP contribution >= 0.6 is 6.89 Å². The van der Waals surface area contributed by atoms with E-state index in [0.717, 1.165) is 26.4 Å². The topological polar surface area (TPSA) is 63.7 Å². The SMILES string of the molecule is O=C1CN(C(=O)OCc2ccccc2)C(=O)C=CC1=P(c1ccccc1)(c1ccccc1)c1ccccc1. The van der Waals surface area contributed by atoms with Gasteiger partial charge < -0.3 is 4.74 Å². The Morgan fingerprint density at radius 1 is 0.658 bits per heavy atom. The molecular weight excluding hydrogens is 493 g/mol. The molecule has 5 nitrogen and oxygen atoms in total. The van der Waals surface area contributed by atoms with E-state index in [9.17, 15) is 14.4 Å². The highest BCUT2D eigenvalue weighted by atomic mass is 31.2. The first-order chi connectivity index (χ1) is 18.6. The summed E-state index contributed by atoms with van der Waals surface area (Å²) in [5.74, 6) is -0.882. The summed E-state index contributed by atoms with van der Waals surface area (Å²) in [5, 5.41) is 3.46. The van der Waals surface area contributed by atoms with Gasteiger partial charge in [-0.05, 0) is 34.4 Å². The van der Waals surface area contributed by atoms with Gasteiger partial charge in [-0.15, -0.1) is 0 Å². The highest BCUT2D eigenvalue weighted by Crippen LogP contribution is 2.47. The van der Waals surface area contributed by atoms with E-state index in [1.54, 1.807) is 6.08 Å². The van der Waals surface area contributed by atoms with Gasteiger partial charge in [0.2, 0.25) is 0 Å². The standard InChI is InChI=1S/C32H26NO4P/c34-29-23-33(32(36)37-24-25-13-5-1-6-14-25)31(35)22-21-30(29)38(26-15-7-2-8-16-26,27-17-9-3-10-18-27)28-19-11-4-12-20-28/h1-22H,23-24H2. The Morgan fingerprint density at radius 2 is 1.11 bits per heavy atom. The second kappa shape index (κ2) is 11.3. The normalized spacial score (nSPS) is 13.8. The fourth-order valence-electron chi connectivity index (χ4n) is 4.71. The molecule has 0 aromatic heterocycles. The highest BCUT2D eigenvalue weighted by molar-refractivity contribution is 7.96. The summed E-state index contributed by atoms with van der Waals surface area (Å²) in [6, 6.07) is 38.9. The van der Waals surface area contributed by atoms with Crippen molar-refractivity contribution in [2.75, 3.05) is 6.54 Å². The third-order valence-corrected chi connectivity index (χ3v) is 10.8. The van der Waals surface area contributed by atoms with Crippen molar-refractivity contribution in [1.82, 2.24) is 4.90 Å². The van der Waals surface area contributed by atoms with E-state index in [4.69, 9.17) is 4.74 Å². The van der Waals surface area contributed by atoms with Gasteiger partial charge >= 0.3 is 6.09 Å². The first-order valence-electron chi connectivity index (χ1n) is 12.3. The van der Waals surface area contributed by atoms with Gasteiger partial charge in [0.05, 0.1) is 6.54 Å². The molecule has 0 saturated carbocycles. The molecule has 188 valence electrons. The minimum atomic E-state index is -2.71. The molecule has 0 saturated heterocycles. The summed E-state index contributed by atoms with van der Waals surface area (Å²) >= 11 is 0. The van der Waals surface area contributed by atoms with Crippen LogP contribution in [0.15, 0.2) is 133 Å². The molecule has 0 fully saturated rings. The average Bonchev–Trinajstić information content (AvgIpc) is 3.13. The fourth-order valence-corrected chi connectivity index (χ4v) is 9.04. The Labute approximate surface area is 222 Å². The molecule has 0 bridgehead atoms. The average molecular weight is 520 g/mol. The number of rotatable bonds is 5. The third kappa shape index (κ3) is 4.89. The van der Waals surface area contributed by atoms with Gasteiger partial charge in [-0.2, -0.15) is 0 Å². The smallest absolute Gasteiger partial charge is 0.417 e. The molecule has 5 rings (SSSR count). The zero-order valence-electron chi connectivity index (χ0n) is 20.6. The lowest BCUT2D eigenvalue weighted by Gasteiger charge is -2.31. The Balaban J connectivity index is 1.65. The van der Waals surface area contributed by atoms with Crippen molar-refractivity contribution >= 4 is 45.9 Å². The summed E-state index contributed by atoms with van der Waals surface area (Å²) < 4.78 is 5.40. The number of hydrogen-bond acceptors (Lipinski definition) is 4. The molecular formula is C32H26NO4P. The van der Waals surface area contributed by atoms with Crippen LogP contribution in [0.2, 0.25) is 0 Å². The van der Waals surface area contributed by atoms with Gasteiger partial charge in [-0.1, -0.05) is 121 Å². The Kier molecular flexibility index (Phi) is 7.48. The Bertz CT molecular complexity index is 1430. The lowest BCUT2D eigenvalue weighted by molar-refractivity contribution is -0.127. The summed E-state index contributed by atoms with van der Waals surface area (Å²) in [5.41, 5.74) is 0.791. The lowest BCUT2D eigenvalue weighted by Crippen LogP contribution is -2.41. The number of hydrogen-bond donors (Lipinski definition) is 0. The van der Waals surface area contributed by atoms with Crippen LogP contribution in [0.4, 0.5) is 4.79 Å². The van der Waals surface area contributed by atoms with Gasteiger partial charge in [0, 0.05) is 11.4 Å². The van der Waals surface area contributed by atoms with E-state index >= 15 is 0 Å². The van der Waals surface area contributed by atoms with Gasteiger partial charge in [0.25, 0.3) is 5.91 Å². The second-order valence-corrected chi connectivity index (χ2v) is 12.2. The highest BCUT2D eigenvalue weighted by Gasteiger charge is 2.35. The molecule has 38 heavy (non-hydrogen) atoms. The summed E-state index contributed by atoms with van der Waals surface area (Å²) in [6.07, 6.45) is 2.07. The number of nitrogens with zero attached hydrogens (tertiary/aromatic N) is 1. The number of imide groups is 1. The van der Waals surface area contributed by atoms with Crippen LogP contribution in [0.3, 0.4) is 0 Å². The zero-order valence-corrected chi connectivity index (χ0v) is 21.5. The predicted octanol–water partition coefficient (Wildman–Crippen LogP) is 4.46. The quantitative estimate of drug-likeness (QED) is 0.366. The van der Waals surface area contributed by atoms with Crippen LogP contribution in [0.25, 0.3) is 0 Å². The van der Waals surface area contributed by atoms with Crippen LogP contribution < -0.4 is 15.9 Å². The molecule has 4 aromatic rings. The maximum Gasteiger partial charge on any atom is 0.417 e. The molecule has 0 N–H and O–H groups in total. The minimum Gasteiger partial charge on any atom is -0.444 e. The molecule has 4 aromatic carbocycles. The number of Topliss-reactive ketones (excluding diaryl/α,β-unsaturated/α-hetero) is 1. The number of allylic oxidation sites excluding steroid dienone is 1. The molecule has 0 radical (unpaired) electrons. The van der Waals surface area contributed by atoms with Gasteiger partial charge in [-0.3, -0.25) is 9.59 Å². The van der Waals surface area contributed by atoms with E-state index in [0.29, 0.717) is 5.29 Å². The first-order valence-corrected chi connectivity index (χ1v) is 14.1. The van der Waals surface area contributed by atoms with Crippen molar-refractivity contribution in [3.8, 4) is 0 Å². The van der Waals surface area contributed by atoms with Crippen molar-refractivity contribution in [1.29, 1.82) is 0 Å². The van der Waals surface area contributed by atoms with Crippen molar-refractivity contribution in [2.45, 2.75) is 6.61 Å². The van der Waals surface area contributed by atoms with E-state index in [-0.39, 0.29) is 12.4 Å². The number of carbonyl (C=O) groups excluding carboxylic acids is 3. The van der Waals surface area contributed by atoms with E-state index < -0.39 is 25.4 Å². The van der Waals surface area contributed by atoms with Crippen LogP contribution in [-0.2, 0) is 20.9 Å². The van der Waals surface area contributed by atoms with Gasteiger partial charge in [0.1, 0.15) is 6.61 Å². The van der Waals surface area contributed by atoms with E-state index in [2.05, 4.69) is 0 Å². The fraction of sp³-hybridized carbons (Fsp3) is 0.0625. The molecule has 0 unspecified atom stereocenters. The number of ketones is 1. The second-order valence-electron chi connectivity index (χ2n) is 8.78. The number of benzene rings is 4. The van der Waals surface area contributed by atoms with Crippen molar-refractivity contribution in [3.05, 3.63) is 139 Å². The van der Waals surface area contributed by atoms with Crippen LogP contribution in [0.5, 0.6) is 0 Å². The number of carbonyl (C=O) groups is 3. The van der Waals surface area contributed by atoms with E-state index in [1.807, 2.05) is 121 Å². The Hall–Kier alpha value is -4.47. The minimum absolute atomic E-state index is 0.00686. The van der Waals surface area contributed by atoms with Crippen LogP contribution in [0.1, 0.15) is 5.56 Å². The van der Waals surface area contributed by atoms with Crippen molar-refractivity contribution in [2.24, 2.45) is 0 Å².